The molecule has 2 unspecified atom stereocenters. The first kappa shape index (κ1) is 15.3. The molecule has 2 aliphatic rings. The van der Waals surface area contributed by atoms with E-state index in [-0.39, 0.29) is 18.8 Å². The molecule has 2 aliphatic heterocycles. The quantitative estimate of drug-likeness (QED) is 0.795. The predicted molar refractivity (Wildman–Crippen MR) is 80.6 cm³/mol. The second kappa shape index (κ2) is 7.07. The minimum absolute atomic E-state index is 0.221. The minimum Gasteiger partial charge on any atom is -0.491 e. The molecule has 0 spiro atoms. The van der Waals surface area contributed by atoms with Crippen molar-refractivity contribution in [1.29, 1.82) is 5.26 Å². The van der Waals surface area contributed by atoms with Crippen molar-refractivity contribution in [2.45, 2.75) is 18.3 Å². The number of nitrogens with one attached hydrogen (secondary N) is 1. The Balaban J connectivity index is 1.44. The summed E-state index contributed by atoms with van der Waals surface area (Å²) in [4.78, 5) is 2.24. The highest BCUT2D eigenvalue weighted by atomic mass is 16.5. The molecule has 3 rings (SSSR count). The van der Waals surface area contributed by atoms with Crippen molar-refractivity contribution < 1.29 is 14.6 Å². The van der Waals surface area contributed by atoms with Crippen molar-refractivity contribution >= 4 is 0 Å². The first-order chi connectivity index (χ1) is 10.7. The molecule has 2 heterocycles. The Bertz CT molecular complexity index is 516. The van der Waals surface area contributed by atoms with E-state index in [1.165, 1.54) is 0 Å². The number of hydrogen-bond acceptors (Lipinski definition) is 6. The van der Waals surface area contributed by atoms with E-state index < -0.39 is 6.10 Å². The smallest absolute Gasteiger partial charge is 0.119 e. The average Bonchev–Trinajstić information content (AvgIpc) is 2.53. The molecule has 0 aliphatic carbocycles. The Morgan fingerprint density at radius 3 is 2.64 bits per heavy atom. The highest BCUT2D eigenvalue weighted by Crippen LogP contribution is 2.15. The predicted octanol–water partition coefficient (Wildman–Crippen LogP) is -0.0294. The van der Waals surface area contributed by atoms with Crippen molar-refractivity contribution in [3.63, 3.8) is 0 Å². The maximum atomic E-state index is 10.2. The standard InChI is InChI=1S/C16H21N3O3/c17-5-12-1-3-14(4-2-12)21-11-13(20)8-19-9-15-6-18-7-16(10-19)22-15/h1-4,13,15-16,18,20H,6-11H2/t13-,15?,16?/m0/s1. The lowest BCUT2D eigenvalue weighted by Crippen LogP contribution is -2.59. The summed E-state index contributed by atoms with van der Waals surface area (Å²) in [7, 11) is 0. The fourth-order valence-electron chi connectivity index (χ4n) is 2.96. The third kappa shape index (κ3) is 3.96. The number of morpholine rings is 2. The van der Waals surface area contributed by atoms with Crippen LogP contribution in [0.4, 0.5) is 0 Å². The van der Waals surface area contributed by atoms with Crippen LogP contribution in [0.1, 0.15) is 5.56 Å². The van der Waals surface area contributed by atoms with Crippen LogP contribution >= 0.6 is 0 Å². The van der Waals surface area contributed by atoms with E-state index >= 15 is 0 Å². The molecule has 0 aromatic heterocycles. The fourth-order valence-corrected chi connectivity index (χ4v) is 2.96. The van der Waals surface area contributed by atoms with Crippen LogP contribution in [0.5, 0.6) is 5.75 Å². The Labute approximate surface area is 130 Å². The Kier molecular flexibility index (Phi) is 4.90. The van der Waals surface area contributed by atoms with Gasteiger partial charge in [0.15, 0.2) is 0 Å². The number of β-amino-alcohol motifs (C(OH)–C–C–N with tert-alkyl or cyclic N) is 1. The number of aliphatic hydroxyl groups is 1. The maximum Gasteiger partial charge on any atom is 0.119 e. The van der Waals surface area contributed by atoms with Crippen LogP contribution in [-0.2, 0) is 4.74 Å². The lowest BCUT2D eigenvalue weighted by atomic mass is 10.1. The summed E-state index contributed by atoms with van der Waals surface area (Å²) in [5.74, 6) is 0.668. The van der Waals surface area contributed by atoms with Gasteiger partial charge in [-0.25, -0.2) is 0 Å². The Morgan fingerprint density at radius 2 is 2.00 bits per heavy atom. The molecule has 1 aromatic rings. The van der Waals surface area contributed by atoms with Gasteiger partial charge < -0.3 is 19.9 Å². The third-order valence-electron chi connectivity index (χ3n) is 3.95. The van der Waals surface area contributed by atoms with Gasteiger partial charge in [0.25, 0.3) is 0 Å². The van der Waals surface area contributed by atoms with E-state index in [2.05, 4.69) is 16.3 Å². The normalized spacial score (nSPS) is 26.2. The second-order valence-corrected chi connectivity index (χ2v) is 5.86. The van der Waals surface area contributed by atoms with Gasteiger partial charge in [0.2, 0.25) is 0 Å². The van der Waals surface area contributed by atoms with Crippen LogP contribution in [0.15, 0.2) is 24.3 Å². The van der Waals surface area contributed by atoms with E-state index in [1.54, 1.807) is 24.3 Å². The number of benzene rings is 1. The number of hydrogen-bond donors (Lipinski definition) is 2. The zero-order valence-electron chi connectivity index (χ0n) is 12.4. The average molecular weight is 303 g/mol. The lowest BCUT2D eigenvalue weighted by Gasteiger charge is -2.42. The SMILES string of the molecule is N#Cc1ccc(OC[C@@H](O)CN2CC3CNCC(C2)O3)cc1. The molecule has 22 heavy (non-hydrogen) atoms. The minimum atomic E-state index is -0.539. The van der Waals surface area contributed by atoms with Crippen LogP contribution in [-0.4, -0.2) is 67.6 Å². The van der Waals surface area contributed by atoms with Crippen LogP contribution in [0.3, 0.4) is 0 Å². The van der Waals surface area contributed by atoms with E-state index in [0.717, 1.165) is 26.2 Å². The van der Waals surface area contributed by atoms with Gasteiger partial charge in [0, 0.05) is 32.7 Å². The lowest BCUT2D eigenvalue weighted by molar-refractivity contribution is -0.110. The van der Waals surface area contributed by atoms with Crippen molar-refractivity contribution in [2.75, 3.05) is 39.3 Å². The molecule has 6 nitrogen and oxygen atoms in total. The molecule has 118 valence electrons. The van der Waals surface area contributed by atoms with E-state index in [1.807, 2.05) is 0 Å². The second-order valence-electron chi connectivity index (χ2n) is 5.86. The highest BCUT2D eigenvalue weighted by molar-refractivity contribution is 5.34. The first-order valence-electron chi connectivity index (χ1n) is 7.62. The van der Waals surface area contributed by atoms with Crippen molar-refractivity contribution in [3.8, 4) is 11.8 Å². The van der Waals surface area contributed by atoms with Gasteiger partial charge in [0.1, 0.15) is 18.5 Å². The van der Waals surface area contributed by atoms with Crippen molar-refractivity contribution in [2.24, 2.45) is 0 Å². The zero-order valence-corrected chi connectivity index (χ0v) is 12.4. The molecular formula is C16H21N3O3. The van der Waals surface area contributed by atoms with Crippen molar-refractivity contribution in [3.05, 3.63) is 29.8 Å². The Morgan fingerprint density at radius 1 is 1.32 bits per heavy atom. The maximum absolute atomic E-state index is 10.2. The molecule has 2 N–H and O–H groups in total. The molecule has 3 atom stereocenters. The van der Waals surface area contributed by atoms with Gasteiger partial charge in [-0.15, -0.1) is 0 Å². The summed E-state index contributed by atoms with van der Waals surface area (Å²) in [6, 6.07) is 8.97. The van der Waals surface area contributed by atoms with Crippen molar-refractivity contribution in [1.82, 2.24) is 10.2 Å². The number of aliphatic hydroxyl groups excluding tert-OH is 1. The van der Waals surface area contributed by atoms with Gasteiger partial charge >= 0.3 is 0 Å². The first-order valence-corrected chi connectivity index (χ1v) is 7.62. The summed E-state index contributed by atoms with van der Waals surface area (Å²) < 4.78 is 11.4. The summed E-state index contributed by atoms with van der Waals surface area (Å²) in [5, 5.41) is 22.3. The van der Waals surface area contributed by atoms with Gasteiger partial charge in [-0.2, -0.15) is 5.26 Å². The molecule has 0 saturated carbocycles. The summed E-state index contributed by atoms with van der Waals surface area (Å²) in [6.45, 7) is 4.29. The van der Waals surface area contributed by atoms with Crippen LogP contribution in [0.2, 0.25) is 0 Å². The van der Waals surface area contributed by atoms with Gasteiger partial charge in [-0.3, -0.25) is 4.90 Å². The largest absolute Gasteiger partial charge is 0.491 e. The molecule has 2 saturated heterocycles. The number of nitriles is 1. The number of nitrogens with zero attached hydrogens (tertiary/aromatic N) is 2. The summed E-state index contributed by atoms with van der Waals surface area (Å²) in [6.07, 6.45) is -0.0966. The molecule has 0 amide bonds. The molecule has 1 aromatic carbocycles. The highest BCUT2D eigenvalue weighted by Gasteiger charge is 2.31. The van der Waals surface area contributed by atoms with E-state index in [9.17, 15) is 5.11 Å². The van der Waals surface area contributed by atoms with Gasteiger partial charge in [-0.05, 0) is 24.3 Å². The van der Waals surface area contributed by atoms with Gasteiger partial charge in [0.05, 0.1) is 23.8 Å². The molecular weight excluding hydrogens is 282 g/mol. The molecule has 2 fully saturated rings. The molecule has 0 radical (unpaired) electrons. The Hall–Kier alpha value is -1.65. The monoisotopic (exact) mass is 303 g/mol. The number of rotatable bonds is 5. The van der Waals surface area contributed by atoms with E-state index in [0.29, 0.717) is 17.9 Å². The molecule has 2 bridgehead atoms. The zero-order chi connectivity index (χ0) is 15.4. The topological polar surface area (TPSA) is 77.8 Å². The number of ether oxygens (including phenoxy) is 2. The summed E-state index contributed by atoms with van der Waals surface area (Å²) >= 11 is 0. The summed E-state index contributed by atoms with van der Waals surface area (Å²) in [5.41, 5.74) is 0.598. The van der Waals surface area contributed by atoms with Crippen LogP contribution in [0, 0.1) is 11.3 Å². The van der Waals surface area contributed by atoms with Crippen LogP contribution in [0.25, 0.3) is 0 Å². The van der Waals surface area contributed by atoms with Crippen LogP contribution < -0.4 is 10.1 Å². The van der Waals surface area contributed by atoms with Gasteiger partial charge in [-0.1, -0.05) is 0 Å². The van der Waals surface area contributed by atoms with E-state index in [4.69, 9.17) is 14.7 Å². The third-order valence-corrected chi connectivity index (χ3v) is 3.95. The fraction of sp³-hybridized carbons (Fsp3) is 0.562. The number of fused-ring (bicyclic) bond motifs is 2. The molecule has 6 heteroatoms.